The van der Waals surface area contributed by atoms with E-state index in [4.69, 9.17) is 12.2 Å². The lowest BCUT2D eigenvalue weighted by Gasteiger charge is -2.05. The van der Waals surface area contributed by atoms with Crippen molar-refractivity contribution in [1.29, 1.82) is 0 Å². The number of H-pyrrole nitrogens is 1. The minimum Gasteiger partial charge on any atom is -0.321 e. The zero-order chi connectivity index (χ0) is 10.8. The lowest BCUT2D eigenvalue weighted by atomic mass is 10.2. The van der Waals surface area contributed by atoms with Crippen LogP contribution in [0.1, 0.15) is 11.1 Å². The fourth-order valence-corrected chi connectivity index (χ4v) is 2.38. The summed E-state index contributed by atoms with van der Waals surface area (Å²) in [6.07, 6.45) is 1.72. The summed E-state index contributed by atoms with van der Waals surface area (Å²) in [7, 11) is 0. The Morgan fingerprint density at radius 3 is 2.93 bits per heavy atom. The molecular weight excluding hydrogens is 228 g/mol. The molecule has 2 aromatic rings. The van der Waals surface area contributed by atoms with Gasteiger partial charge in [-0.3, -0.25) is 9.78 Å². The number of nitrogens with zero attached hydrogens (tertiary/aromatic N) is 1. The molecule has 0 saturated heterocycles. The number of nitrogens with one attached hydrogen (secondary N) is 1. The Bertz CT molecular complexity index is 579. The Balaban J connectivity index is 2.37. The number of aromatic amines is 1. The molecule has 0 aliphatic heterocycles. The van der Waals surface area contributed by atoms with E-state index in [9.17, 15) is 4.79 Å². The molecular formula is C10H10N2OS2. The van der Waals surface area contributed by atoms with Crippen LogP contribution in [0.2, 0.25) is 0 Å². The number of hydrogen-bond donors (Lipinski definition) is 1. The van der Waals surface area contributed by atoms with E-state index < -0.39 is 0 Å². The molecule has 0 aromatic carbocycles. The Hall–Kier alpha value is -1.20. The van der Waals surface area contributed by atoms with Crippen LogP contribution in [0.4, 0.5) is 0 Å². The molecule has 0 saturated carbocycles. The zero-order valence-corrected chi connectivity index (χ0v) is 9.82. The van der Waals surface area contributed by atoms with Gasteiger partial charge in [-0.05, 0) is 41.0 Å². The minimum absolute atomic E-state index is 0.154. The zero-order valence-electron chi connectivity index (χ0n) is 8.19. The van der Waals surface area contributed by atoms with E-state index in [0.717, 1.165) is 0 Å². The van der Waals surface area contributed by atoms with Gasteiger partial charge in [0.15, 0.2) is 4.77 Å². The first kappa shape index (κ1) is 10.3. The maximum atomic E-state index is 11.0. The van der Waals surface area contributed by atoms with Crippen LogP contribution in [0.15, 0.2) is 27.8 Å². The number of aryl methyl sites for hydroxylation is 1. The van der Waals surface area contributed by atoms with Crippen molar-refractivity contribution in [1.82, 2.24) is 9.55 Å². The van der Waals surface area contributed by atoms with Gasteiger partial charge in [-0.2, -0.15) is 11.3 Å². The summed E-state index contributed by atoms with van der Waals surface area (Å²) in [5.41, 5.74) is 2.34. The molecule has 0 bridgehead atoms. The fraction of sp³-hybridized carbons (Fsp3) is 0.200. The van der Waals surface area contributed by atoms with Crippen LogP contribution in [0.3, 0.4) is 0 Å². The van der Waals surface area contributed by atoms with Crippen LogP contribution < -0.4 is 5.56 Å². The summed E-state index contributed by atoms with van der Waals surface area (Å²) in [6.45, 7) is 2.78. The average molecular weight is 238 g/mol. The van der Waals surface area contributed by atoms with E-state index >= 15 is 0 Å². The van der Waals surface area contributed by atoms with Crippen LogP contribution in [-0.2, 0) is 6.54 Å². The van der Waals surface area contributed by atoms with E-state index in [1.807, 2.05) is 4.57 Å². The molecule has 0 atom stereocenters. The first-order valence-electron chi connectivity index (χ1n) is 4.48. The topological polar surface area (TPSA) is 37.8 Å². The van der Waals surface area contributed by atoms with Crippen LogP contribution in [0.25, 0.3) is 0 Å². The molecule has 0 fully saturated rings. The van der Waals surface area contributed by atoms with E-state index in [-0.39, 0.29) is 5.56 Å². The molecule has 0 aliphatic rings. The van der Waals surface area contributed by atoms with Crippen molar-refractivity contribution in [2.24, 2.45) is 0 Å². The van der Waals surface area contributed by atoms with Gasteiger partial charge in [-0.25, -0.2) is 0 Å². The Labute approximate surface area is 96.0 Å². The molecule has 5 heteroatoms. The lowest BCUT2D eigenvalue weighted by Crippen LogP contribution is -2.11. The van der Waals surface area contributed by atoms with Crippen LogP contribution >= 0.6 is 23.6 Å². The third-order valence-electron chi connectivity index (χ3n) is 2.20. The number of hydrogen-bond acceptors (Lipinski definition) is 3. The van der Waals surface area contributed by atoms with Crippen LogP contribution in [0, 0.1) is 11.7 Å². The maximum Gasteiger partial charge on any atom is 0.251 e. The smallest absolute Gasteiger partial charge is 0.251 e. The molecule has 0 aliphatic carbocycles. The Kier molecular flexibility index (Phi) is 2.83. The van der Waals surface area contributed by atoms with Gasteiger partial charge in [0, 0.05) is 12.3 Å². The van der Waals surface area contributed by atoms with Gasteiger partial charge in [0.05, 0.1) is 6.54 Å². The molecule has 2 heterocycles. The summed E-state index contributed by atoms with van der Waals surface area (Å²) in [5.74, 6) is 0. The van der Waals surface area contributed by atoms with Gasteiger partial charge in [-0.1, -0.05) is 0 Å². The van der Waals surface area contributed by atoms with Crippen LogP contribution in [0.5, 0.6) is 0 Å². The van der Waals surface area contributed by atoms with E-state index in [0.29, 0.717) is 11.3 Å². The van der Waals surface area contributed by atoms with E-state index in [2.05, 4.69) is 22.7 Å². The molecule has 0 radical (unpaired) electrons. The van der Waals surface area contributed by atoms with Crippen molar-refractivity contribution < 1.29 is 0 Å². The second-order valence-corrected chi connectivity index (χ2v) is 4.45. The van der Waals surface area contributed by atoms with Gasteiger partial charge >= 0.3 is 0 Å². The van der Waals surface area contributed by atoms with Gasteiger partial charge in [0.1, 0.15) is 0 Å². The summed E-state index contributed by atoms with van der Waals surface area (Å²) in [4.78, 5) is 13.6. The third kappa shape index (κ3) is 2.24. The second-order valence-electron chi connectivity index (χ2n) is 3.32. The van der Waals surface area contributed by atoms with Gasteiger partial charge in [-0.15, -0.1) is 0 Å². The van der Waals surface area contributed by atoms with Gasteiger partial charge in [0.2, 0.25) is 0 Å². The fourth-order valence-electron chi connectivity index (χ4n) is 1.30. The summed E-state index contributed by atoms with van der Waals surface area (Å²) in [6, 6.07) is 1.48. The predicted molar refractivity (Wildman–Crippen MR) is 64.0 cm³/mol. The van der Waals surface area contributed by atoms with Crippen molar-refractivity contribution >= 4 is 23.6 Å². The van der Waals surface area contributed by atoms with Crippen molar-refractivity contribution in [3.63, 3.8) is 0 Å². The SMILES string of the molecule is Cc1cscc1Cn1ccc(=O)[nH]c1=S. The third-order valence-corrected chi connectivity index (χ3v) is 3.45. The second kappa shape index (κ2) is 4.12. The van der Waals surface area contributed by atoms with E-state index in [1.165, 1.54) is 17.2 Å². The molecule has 2 rings (SSSR count). The van der Waals surface area contributed by atoms with Gasteiger partial charge in [0.25, 0.3) is 5.56 Å². The standard InChI is InChI=1S/C10H10N2OS2/c1-7-5-15-6-8(7)4-12-3-2-9(13)11-10(12)14/h2-3,5-6H,4H2,1H3,(H,11,13,14). The monoisotopic (exact) mass is 238 g/mol. The number of aromatic nitrogens is 2. The van der Waals surface area contributed by atoms with Crippen molar-refractivity contribution in [3.8, 4) is 0 Å². The van der Waals surface area contributed by atoms with Crippen molar-refractivity contribution in [2.75, 3.05) is 0 Å². The average Bonchev–Trinajstić information content (AvgIpc) is 2.57. The summed E-state index contributed by atoms with van der Waals surface area (Å²) < 4.78 is 2.32. The van der Waals surface area contributed by atoms with Gasteiger partial charge < -0.3 is 4.57 Å². The van der Waals surface area contributed by atoms with E-state index in [1.54, 1.807) is 17.5 Å². The quantitative estimate of drug-likeness (QED) is 0.815. The molecule has 15 heavy (non-hydrogen) atoms. The molecule has 0 unspecified atom stereocenters. The van der Waals surface area contributed by atoms with Crippen molar-refractivity contribution in [2.45, 2.75) is 13.5 Å². The maximum absolute atomic E-state index is 11.0. The normalized spacial score (nSPS) is 10.5. The largest absolute Gasteiger partial charge is 0.321 e. The predicted octanol–water partition coefficient (Wildman–Crippen LogP) is 2.32. The molecule has 0 spiro atoms. The lowest BCUT2D eigenvalue weighted by molar-refractivity contribution is 0.744. The summed E-state index contributed by atoms with van der Waals surface area (Å²) >= 11 is 6.74. The Morgan fingerprint density at radius 1 is 1.53 bits per heavy atom. The molecule has 2 aromatic heterocycles. The number of rotatable bonds is 2. The molecule has 1 N–H and O–H groups in total. The van der Waals surface area contributed by atoms with Crippen LogP contribution in [-0.4, -0.2) is 9.55 Å². The highest BCUT2D eigenvalue weighted by Gasteiger charge is 2.00. The van der Waals surface area contributed by atoms with Crippen molar-refractivity contribution in [3.05, 3.63) is 49.3 Å². The first-order valence-corrected chi connectivity index (χ1v) is 5.83. The molecule has 3 nitrogen and oxygen atoms in total. The summed E-state index contributed by atoms with van der Waals surface area (Å²) in [5, 5.41) is 4.20. The minimum atomic E-state index is -0.154. The molecule has 78 valence electrons. The highest BCUT2D eigenvalue weighted by molar-refractivity contribution is 7.71. The molecule has 0 amide bonds. The Morgan fingerprint density at radius 2 is 2.33 bits per heavy atom. The number of thiophene rings is 1. The highest BCUT2D eigenvalue weighted by atomic mass is 32.1. The first-order chi connectivity index (χ1) is 7.16. The highest BCUT2D eigenvalue weighted by Crippen LogP contribution is 2.14.